The fourth-order valence-electron chi connectivity index (χ4n) is 2.50. The van der Waals surface area contributed by atoms with E-state index in [4.69, 9.17) is 21.1 Å². The van der Waals surface area contributed by atoms with Gasteiger partial charge in [0.1, 0.15) is 0 Å². The Morgan fingerprint density at radius 1 is 1.24 bits per heavy atom. The Morgan fingerprint density at radius 3 is 2.56 bits per heavy atom. The fraction of sp³-hybridized carbons (Fsp3) is 0.556. The van der Waals surface area contributed by atoms with Crippen LogP contribution in [0.15, 0.2) is 12.1 Å². The van der Waals surface area contributed by atoms with E-state index in [1.54, 1.807) is 12.1 Å². The van der Waals surface area contributed by atoms with Gasteiger partial charge in [-0.25, -0.2) is 0 Å². The SMILES string of the molecule is CCN(CC(=O)NC(C)(C)C)C(=O)c1cc(Cl)c2c(c1)OCCCO2. The van der Waals surface area contributed by atoms with E-state index in [1.165, 1.54) is 4.90 Å². The average Bonchev–Trinajstić information content (AvgIpc) is 2.76. The average molecular weight is 369 g/mol. The van der Waals surface area contributed by atoms with Gasteiger partial charge in [0.2, 0.25) is 5.91 Å². The number of nitrogens with zero attached hydrogens (tertiary/aromatic N) is 1. The Bertz CT molecular complexity index is 655. The van der Waals surface area contributed by atoms with Gasteiger partial charge in [-0.15, -0.1) is 0 Å². The molecule has 0 atom stereocenters. The van der Waals surface area contributed by atoms with Crippen molar-refractivity contribution in [1.29, 1.82) is 0 Å². The molecule has 1 aromatic carbocycles. The van der Waals surface area contributed by atoms with Gasteiger partial charge in [0.25, 0.3) is 5.91 Å². The number of carbonyl (C=O) groups is 2. The highest BCUT2D eigenvalue weighted by atomic mass is 35.5. The van der Waals surface area contributed by atoms with Crippen LogP contribution in [-0.4, -0.2) is 48.6 Å². The Morgan fingerprint density at radius 2 is 1.92 bits per heavy atom. The molecule has 0 saturated carbocycles. The maximum atomic E-state index is 12.8. The molecule has 1 aliphatic heterocycles. The standard InChI is InChI=1S/C18H25ClN2O4/c1-5-21(11-15(22)20-18(2,3)4)17(23)12-9-13(19)16-14(10-12)24-7-6-8-25-16/h9-10H,5-8,11H2,1-4H3,(H,20,22). The summed E-state index contributed by atoms with van der Waals surface area (Å²) < 4.78 is 11.2. The van der Waals surface area contributed by atoms with Crippen LogP contribution < -0.4 is 14.8 Å². The topological polar surface area (TPSA) is 67.9 Å². The highest BCUT2D eigenvalue weighted by Crippen LogP contribution is 2.38. The van der Waals surface area contributed by atoms with Crippen molar-refractivity contribution in [3.63, 3.8) is 0 Å². The number of halogens is 1. The Labute approximate surface area is 153 Å². The first kappa shape index (κ1) is 19.4. The molecule has 1 N–H and O–H groups in total. The molecule has 0 unspecified atom stereocenters. The molecule has 6 nitrogen and oxygen atoms in total. The van der Waals surface area contributed by atoms with E-state index in [2.05, 4.69) is 5.32 Å². The highest BCUT2D eigenvalue weighted by Gasteiger charge is 2.23. The molecule has 2 amide bonds. The first-order valence-electron chi connectivity index (χ1n) is 8.40. The normalized spacial score (nSPS) is 13.8. The molecule has 0 radical (unpaired) electrons. The lowest BCUT2D eigenvalue weighted by atomic mass is 10.1. The van der Waals surface area contributed by atoms with E-state index in [1.807, 2.05) is 27.7 Å². The summed E-state index contributed by atoms with van der Waals surface area (Å²) in [6.45, 7) is 8.93. The minimum absolute atomic E-state index is 0.0152. The van der Waals surface area contributed by atoms with Gasteiger partial charge >= 0.3 is 0 Å². The largest absolute Gasteiger partial charge is 0.489 e. The minimum Gasteiger partial charge on any atom is -0.489 e. The summed E-state index contributed by atoms with van der Waals surface area (Å²) in [4.78, 5) is 26.4. The number of carbonyl (C=O) groups excluding carboxylic acids is 2. The summed E-state index contributed by atoms with van der Waals surface area (Å²) in [6, 6.07) is 3.18. The van der Waals surface area contributed by atoms with Gasteiger partial charge in [-0.1, -0.05) is 11.6 Å². The molecule has 7 heteroatoms. The van der Waals surface area contributed by atoms with Crippen LogP contribution >= 0.6 is 11.6 Å². The third-order valence-corrected chi connectivity index (χ3v) is 3.85. The molecule has 1 heterocycles. The van der Waals surface area contributed by atoms with Gasteiger partial charge in [-0.05, 0) is 39.8 Å². The third-order valence-electron chi connectivity index (χ3n) is 3.57. The van der Waals surface area contributed by atoms with Crippen LogP contribution in [0.2, 0.25) is 5.02 Å². The van der Waals surface area contributed by atoms with E-state index < -0.39 is 0 Å². The van der Waals surface area contributed by atoms with E-state index in [0.29, 0.717) is 41.8 Å². The van der Waals surface area contributed by atoms with Gasteiger partial charge in [0.15, 0.2) is 11.5 Å². The van der Waals surface area contributed by atoms with Crippen molar-refractivity contribution in [3.8, 4) is 11.5 Å². The fourth-order valence-corrected chi connectivity index (χ4v) is 2.76. The van der Waals surface area contributed by atoms with E-state index in [-0.39, 0.29) is 23.9 Å². The number of amides is 2. The van der Waals surface area contributed by atoms with Crippen LogP contribution in [0.5, 0.6) is 11.5 Å². The van der Waals surface area contributed by atoms with Crippen LogP contribution in [0.4, 0.5) is 0 Å². The van der Waals surface area contributed by atoms with E-state index in [0.717, 1.165) is 6.42 Å². The zero-order valence-corrected chi connectivity index (χ0v) is 15.9. The lowest BCUT2D eigenvalue weighted by Crippen LogP contribution is -2.47. The second-order valence-corrected chi connectivity index (χ2v) is 7.36. The minimum atomic E-state index is -0.349. The first-order valence-corrected chi connectivity index (χ1v) is 8.78. The molecule has 0 spiro atoms. The van der Waals surface area contributed by atoms with Crippen LogP contribution in [0, 0.1) is 0 Å². The van der Waals surface area contributed by atoms with Gasteiger partial charge in [-0.2, -0.15) is 0 Å². The van der Waals surface area contributed by atoms with Crippen LogP contribution in [0.3, 0.4) is 0 Å². The van der Waals surface area contributed by atoms with Crippen molar-refractivity contribution >= 4 is 23.4 Å². The summed E-state index contributed by atoms with van der Waals surface area (Å²) in [6.07, 6.45) is 0.752. The van der Waals surface area contributed by atoms with Gasteiger partial charge in [-0.3, -0.25) is 9.59 Å². The number of ether oxygens (including phenoxy) is 2. The smallest absolute Gasteiger partial charge is 0.254 e. The molecule has 2 rings (SSSR count). The predicted octanol–water partition coefficient (Wildman–Crippen LogP) is 2.88. The maximum Gasteiger partial charge on any atom is 0.254 e. The quantitative estimate of drug-likeness (QED) is 0.887. The molecule has 1 aromatic rings. The highest BCUT2D eigenvalue weighted by molar-refractivity contribution is 6.32. The number of hydrogen-bond donors (Lipinski definition) is 1. The van der Waals surface area contributed by atoms with Crippen molar-refractivity contribution in [2.24, 2.45) is 0 Å². The monoisotopic (exact) mass is 368 g/mol. The van der Waals surface area contributed by atoms with E-state index >= 15 is 0 Å². The summed E-state index contributed by atoms with van der Waals surface area (Å²) in [5, 5.41) is 3.19. The molecule has 0 saturated heterocycles. The van der Waals surface area contributed by atoms with Crippen molar-refractivity contribution in [2.45, 2.75) is 39.7 Å². The molecule has 25 heavy (non-hydrogen) atoms. The van der Waals surface area contributed by atoms with Crippen molar-refractivity contribution in [1.82, 2.24) is 10.2 Å². The summed E-state index contributed by atoms with van der Waals surface area (Å²) in [7, 11) is 0. The Balaban J connectivity index is 2.19. The van der Waals surface area contributed by atoms with Gasteiger partial charge in [0.05, 0.1) is 24.8 Å². The van der Waals surface area contributed by atoms with E-state index in [9.17, 15) is 9.59 Å². The molecule has 0 fully saturated rings. The lowest BCUT2D eigenvalue weighted by molar-refractivity contribution is -0.123. The number of benzene rings is 1. The molecule has 0 aliphatic carbocycles. The number of fused-ring (bicyclic) bond motifs is 1. The predicted molar refractivity (Wildman–Crippen MR) is 96.5 cm³/mol. The molecular formula is C18H25ClN2O4. The molecule has 0 aromatic heterocycles. The van der Waals surface area contributed by atoms with Crippen molar-refractivity contribution in [2.75, 3.05) is 26.3 Å². The zero-order chi connectivity index (χ0) is 18.6. The number of hydrogen-bond acceptors (Lipinski definition) is 4. The zero-order valence-electron chi connectivity index (χ0n) is 15.1. The maximum absolute atomic E-state index is 12.8. The molecule has 0 bridgehead atoms. The third kappa shape index (κ3) is 5.26. The van der Waals surface area contributed by atoms with Crippen molar-refractivity contribution in [3.05, 3.63) is 22.7 Å². The van der Waals surface area contributed by atoms with Crippen molar-refractivity contribution < 1.29 is 19.1 Å². The molecule has 1 aliphatic rings. The van der Waals surface area contributed by atoms with Crippen LogP contribution in [-0.2, 0) is 4.79 Å². The van der Waals surface area contributed by atoms with Crippen LogP contribution in [0.25, 0.3) is 0 Å². The molecule has 138 valence electrons. The second kappa shape index (κ2) is 7.95. The lowest BCUT2D eigenvalue weighted by Gasteiger charge is -2.25. The van der Waals surface area contributed by atoms with Gasteiger partial charge < -0.3 is 19.7 Å². The summed E-state index contributed by atoms with van der Waals surface area (Å²) in [5.41, 5.74) is 0.0256. The van der Waals surface area contributed by atoms with Crippen LogP contribution in [0.1, 0.15) is 44.5 Å². The number of likely N-dealkylation sites (N-methyl/N-ethyl adjacent to an activating group) is 1. The number of rotatable bonds is 4. The summed E-state index contributed by atoms with van der Waals surface area (Å²) >= 11 is 6.25. The Hall–Kier alpha value is -1.95. The Kier molecular flexibility index (Phi) is 6.16. The number of nitrogens with one attached hydrogen (secondary N) is 1. The molecular weight excluding hydrogens is 344 g/mol. The summed E-state index contributed by atoms with van der Waals surface area (Å²) in [5.74, 6) is 0.444. The first-order chi connectivity index (χ1) is 11.7. The second-order valence-electron chi connectivity index (χ2n) is 6.95. The van der Waals surface area contributed by atoms with Gasteiger partial charge in [0, 0.05) is 24.1 Å².